The molecule has 0 spiro atoms. The highest BCUT2D eigenvalue weighted by molar-refractivity contribution is 7.89. The number of carbonyl (C=O) groups is 1. The minimum atomic E-state index is -3.90. The number of likely N-dealkylation sites (tertiary alicyclic amines) is 1. The highest BCUT2D eigenvalue weighted by atomic mass is 32.2. The predicted molar refractivity (Wildman–Crippen MR) is 93.4 cm³/mol. The number of hydrogen-bond acceptors (Lipinski definition) is 3. The van der Waals surface area contributed by atoms with Crippen LogP contribution in [0.4, 0.5) is 4.39 Å². The second-order valence-corrected chi connectivity index (χ2v) is 8.72. The van der Waals surface area contributed by atoms with E-state index in [1.165, 1.54) is 16.4 Å². The van der Waals surface area contributed by atoms with Crippen molar-refractivity contribution in [3.05, 3.63) is 29.6 Å². The second kappa shape index (κ2) is 7.83. The van der Waals surface area contributed by atoms with Crippen LogP contribution >= 0.6 is 0 Å². The van der Waals surface area contributed by atoms with Gasteiger partial charge in [0.2, 0.25) is 10.0 Å². The lowest BCUT2D eigenvalue weighted by molar-refractivity contribution is 0.0761. The Bertz CT molecular complexity index is 722. The number of nitrogens with zero attached hydrogens (tertiary/aromatic N) is 2. The van der Waals surface area contributed by atoms with E-state index < -0.39 is 15.8 Å². The van der Waals surface area contributed by atoms with E-state index in [1.54, 1.807) is 4.90 Å². The molecule has 5 nitrogen and oxygen atoms in total. The largest absolute Gasteiger partial charge is 0.339 e. The standard InChI is InChI=1S/C18H25FN2O3S/c19-16-9-8-15(18(22)20-10-4-1-2-5-11-20)14-17(16)25(23,24)21-12-6-3-7-13-21/h8-9,14H,1-7,10-13H2. The van der Waals surface area contributed by atoms with Crippen molar-refractivity contribution in [1.29, 1.82) is 0 Å². The van der Waals surface area contributed by atoms with Crippen molar-refractivity contribution in [2.45, 2.75) is 49.8 Å². The molecule has 0 aliphatic carbocycles. The minimum Gasteiger partial charge on any atom is -0.339 e. The van der Waals surface area contributed by atoms with Crippen LogP contribution in [0.15, 0.2) is 23.1 Å². The Morgan fingerprint density at radius 2 is 1.44 bits per heavy atom. The number of carbonyl (C=O) groups excluding carboxylic acids is 1. The van der Waals surface area contributed by atoms with Crippen LogP contribution in [0.5, 0.6) is 0 Å². The smallest absolute Gasteiger partial charge is 0.253 e. The van der Waals surface area contributed by atoms with Crippen LogP contribution in [-0.2, 0) is 10.0 Å². The van der Waals surface area contributed by atoms with Gasteiger partial charge in [0.05, 0.1) is 0 Å². The van der Waals surface area contributed by atoms with Gasteiger partial charge in [0.25, 0.3) is 5.91 Å². The van der Waals surface area contributed by atoms with Gasteiger partial charge < -0.3 is 4.90 Å². The number of halogens is 1. The van der Waals surface area contributed by atoms with Gasteiger partial charge in [0.15, 0.2) is 0 Å². The molecule has 0 radical (unpaired) electrons. The van der Waals surface area contributed by atoms with Crippen LogP contribution in [0.2, 0.25) is 0 Å². The molecule has 0 bridgehead atoms. The Kier molecular flexibility index (Phi) is 5.74. The lowest BCUT2D eigenvalue weighted by Gasteiger charge is -2.26. The molecular weight excluding hydrogens is 343 g/mol. The fraction of sp³-hybridized carbons (Fsp3) is 0.611. The molecule has 1 amide bonds. The van der Waals surface area contributed by atoms with Crippen molar-refractivity contribution >= 4 is 15.9 Å². The number of benzene rings is 1. The molecule has 2 heterocycles. The molecule has 2 saturated heterocycles. The lowest BCUT2D eigenvalue weighted by Crippen LogP contribution is -2.36. The average molecular weight is 368 g/mol. The topological polar surface area (TPSA) is 57.7 Å². The highest BCUT2D eigenvalue weighted by Gasteiger charge is 2.30. The average Bonchev–Trinajstić information content (AvgIpc) is 2.91. The minimum absolute atomic E-state index is 0.211. The zero-order valence-electron chi connectivity index (χ0n) is 14.4. The van der Waals surface area contributed by atoms with Crippen LogP contribution in [0.25, 0.3) is 0 Å². The number of rotatable bonds is 3. The Hall–Kier alpha value is -1.47. The first-order valence-corrected chi connectivity index (χ1v) is 10.5. The number of hydrogen-bond donors (Lipinski definition) is 0. The summed E-state index contributed by atoms with van der Waals surface area (Å²) in [5.41, 5.74) is 0.249. The van der Waals surface area contributed by atoms with Crippen molar-refractivity contribution in [3.8, 4) is 0 Å². The first kappa shape index (κ1) is 18.3. The molecule has 0 N–H and O–H groups in total. The van der Waals surface area contributed by atoms with Crippen LogP contribution in [0.3, 0.4) is 0 Å². The first-order chi connectivity index (χ1) is 12.0. The summed E-state index contributed by atoms with van der Waals surface area (Å²) in [6.07, 6.45) is 6.66. The van der Waals surface area contributed by atoms with Gasteiger partial charge in [-0.3, -0.25) is 4.79 Å². The summed E-state index contributed by atoms with van der Waals surface area (Å²) in [7, 11) is -3.90. The molecule has 0 unspecified atom stereocenters. The summed E-state index contributed by atoms with van der Waals surface area (Å²) in [5, 5.41) is 0. The summed E-state index contributed by atoms with van der Waals surface area (Å²) in [6.45, 7) is 2.16. The molecular formula is C18H25FN2O3S. The quantitative estimate of drug-likeness (QED) is 0.824. The SMILES string of the molecule is O=C(c1ccc(F)c(S(=O)(=O)N2CCCCC2)c1)N1CCCCCC1. The van der Waals surface area contributed by atoms with Crippen molar-refractivity contribution in [3.63, 3.8) is 0 Å². The number of sulfonamides is 1. The fourth-order valence-corrected chi connectivity index (χ4v) is 5.14. The number of piperidine rings is 1. The lowest BCUT2D eigenvalue weighted by atomic mass is 10.2. The fourth-order valence-electron chi connectivity index (χ4n) is 3.53. The zero-order valence-corrected chi connectivity index (χ0v) is 15.2. The monoisotopic (exact) mass is 368 g/mol. The third-order valence-corrected chi connectivity index (χ3v) is 6.92. The van der Waals surface area contributed by atoms with E-state index in [0.29, 0.717) is 26.2 Å². The maximum atomic E-state index is 14.3. The summed E-state index contributed by atoms with van der Waals surface area (Å²) in [4.78, 5) is 14.1. The van der Waals surface area contributed by atoms with Gasteiger partial charge >= 0.3 is 0 Å². The Morgan fingerprint density at radius 3 is 2.08 bits per heavy atom. The van der Waals surface area contributed by atoms with Crippen LogP contribution < -0.4 is 0 Å². The molecule has 0 saturated carbocycles. The van der Waals surface area contributed by atoms with Gasteiger partial charge in [0, 0.05) is 31.7 Å². The predicted octanol–water partition coefficient (Wildman–Crippen LogP) is 3.02. The third-order valence-electron chi connectivity index (χ3n) is 5.00. The Balaban J connectivity index is 1.88. The van der Waals surface area contributed by atoms with Gasteiger partial charge in [0.1, 0.15) is 10.7 Å². The summed E-state index contributed by atoms with van der Waals surface area (Å²) < 4.78 is 41.1. The van der Waals surface area contributed by atoms with E-state index in [-0.39, 0.29) is 16.4 Å². The molecule has 0 aromatic heterocycles. The Labute approximate surface area is 148 Å². The van der Waals surface area contributed by atoms with Crippen LogP contribution in [0.1, 0.15) is 55.3 Å². The Morgan fingerprint density at radius 1 is 0.880 bits per heavy atom. The highest BCUT2D eigenvalue weighted by Crippen LogP contribution is 2.25. The summed E-state index contributed by atoms with van der Waals surface area (Å²) in [6, 6.07) is 3.70. The van der Waals surface area contributed by atoms with Gasteiger partial charge in [-0.2, -0.15) is 4.31 Å². The molecule has 1 aromatic carbocycles. The molecule has 3 rings (SSSR count). The van der Waals surface area contributed by atoms with E-state index >= 15 is 0 Å². The maximum absolute atomic E-state index is 14.3. The van der Waals surface area contributed by atoms with E-state index in [4.69, 9.17) is 0 Å². The molecule has 25 heavy (non-hydrogen) atoms. The van der Waals surface area contributed by atoms with E-state index in [9.17, 15) is 17.6 Å². The van der Waals surface area contributed by atoms with E-state index in [1.807, 2.05) is 0 Å². The van der Waals surface area contributed by atoms with Crippen molar-refractivity contribution in [2.24, 2.45) is 0 Å². The third kappa shape index (κ3) is 4.03. The molecule has 7 heteroatoms. The summed E-state index contributed by atoms with van der Waals surface area (Å²) in [5.74, 6) is -1.00. The zero-order chi connectivity index (χ0) is 17.9. The van der Waals surface area contributed by atoms with Crippen molar-refractivity contribution in [2.75, 3.05) is 26.2 Å². The van der Waals surface area contributed by atoms with Gasteiger partial charge in [-0.1, -0.05) is 19.3 Å². The molecule has 138 valence electrons. The normalized spacial score (nSPS) is 20.3. The van der Waals surface area contributed by atoms with E-state index in [0.717, 1.165) is 51.0 Å². The van der Waals surface area contributed by atoms with Gasteiger partial charge in [-0.15, -0.1) is 0 Å². The van der Waals surface area contributed by atoms with Gasteiger partial charge in [-0.05, 0) is 43.9 Å². The van der Waals surface area contributed by atoms with Crippen molar-refractivity contribution in [1.82, 2.24) is 9.21 Å². The van der Waals surface area contributed by atoms with Crippen LogP contribution in [0, 0.1) is 5.82 Å². The molecule has 1 aromatic rings. The van der Waals surface area contributed by atoms with E-state index in [2.05, 4.69) is 0 Å². The van der Waals surface area contributed by atoms with Gasteiger partial charge in [-0.25, -0.2) is 12.8 Å². The molecule has 2 fully saturated rings. The second-order valence-electron chi connectivity index (χ2n) is 6.82. The summed E-state index contributed by atoms with van der Waals surface area (Å²) >= 11 is 0. The molecule has 0 atom stereocenters. The number of amides is 1. The first-order valence-electron chi connectivity index (χ1n) is 9.09. The van der Waals surface area contributed by atoms with Crippen molar-refractivity contribution < 1.29 is 17.6 Å². The molecule has 2 aliphatic rings. The maximum Gasteiger partial charge on any atom is 0.253 e. The molecule has 2 aliphatic heterocycles. The van der Waals surface area contributed by atoms with Crippen LogP contribution in [-0.4, -0.2) is 49.7 Å².